The standard InChI is InChI=1S/C16H26/c1-4-12-16(3,13-5-2)14-11-15-9-7-6-8-10-15/h6-10H,4-5,11-14H2,1-3H3. The van der Waals surface area contributed by atoms with Crippen molar-refractivity contribution in [2.75, 3.05) is 0 Å². The van der Waals surface area contributed by atoms with Crippen molar-refractivity contribution in [1.82, 2.24) is 0 Å². The molecule has 0 atom stereocenters. The molecule has 0 saturated carbocycles. The fourth-order valence-corrected chi connectivity index (χ4v) is 2.67. The summed E-state index contributed by atoms with van der Waals surface area (Å²) in [7, 11) is 0. The first kappa shape index (κ1) is 13.3. The van der Waals surface area contributed by atoms with E-state index < -0.39 is 0 Å². The van der Waals surface area contributed by atoms with Crippen molar-refractivity contribution in [3.8, 4) is 0 Å². The highest BCUT2D eigenvalue weighted by Gasteiger charge is 2.21. The van der Waals surface area contributed by atoms with Crippen LogP contribution in [0, 0.1) is 5.41 Å². The highest BCUT2D eigenvalue weighted by molar-refractivity contribution is 5.14. The second-order valence-corrected chi connectivity index (χ2v) is 5.30. The molecule has 0 heteroatoms. The lowest BCUT2D eigenvalue weighted by Gasteiger charge is -2.29. The topological polar surface area (TPSA) is 0 Å². The van der Waals surface area contributed by atoms with Crippen LogP contribution >= 0.6 is 0 Å². The molecule has 1 aromatic carbocycles. The minimum atomic E-state index is 0.555. The van der Waals surface area contributed by atoms with Gasteiger partial charge >= 0.3 is 0 Å². The first-order valence-electron chi connectivity index (χ1n) is 6.74. The molecular weight excluding hydrogens is 192 g/mol. The van der Waals surface area contributed by atoms with Crippen LogP contribution in [0.5, 0.6) is 0 Å². The van der Waals surface area contributed by atoms with E-state index in [0.29, 0.717) is 5.41 Å². The van der Waals surface area contributed by atoms with Gasteiger partial charge in [0, 0.05) is 0 Å². The normalized spacial score (nSPS) is 11.7. The van der Waals surface area contributed by atoms with Gasteiger partial charge in [-0.1, -0.05) is 63.9 Å². The number of benzene rings is 1. The summed E-state index contributed by atoms with van der Waals surface area (Å²) >= 11 is 0. The third-order valence-corrected chi connectivity index (χ3v) is 3.57. The third-order valence-electron chi connectivity index (χ3n) is 3.57. The molecular formula is C16H26. The predicted molar refractivity (Wildman–Crippen MR) is 72.7 cm³/mol. The van der Waals surface area contributed by atoms with Gasteiger partial charge in [-0.15, -0.1) is 0 Å². The van der Waals surface area contributed by atoms with E-state index in [1.54, 1.807) is 0 Å². The van der Waals surface area contributed by atoms with Gasteiger partial charge in [-0.2, -0.15) is 0 Å². The van der Waals surface area contributed by atoms with Gasteiger partial charge in [0.05, 0.1) is 0 Å². The van der Waals surface area contributed by atoms with Crippen LogP contribution in [0.4, 0.5) is 0 Å². The molecule has 90 valence electrons. The number of hydrogen-bond acceptors (Lipinski definition) is 0. The molecule has 0 spiro atoms. The highest BCUT2D eigenvalue weighted by atomic mass is 14.3. The van der Waals surface area contributed by atoms with Gasteiger partial charge in [-0.3, -0.25) is 0 Å². The number of rotatable bonds is 7. The Morgan fingerprint density at radius 3 is 1.94 bits per heavy atom. The maximum Gasteiger partial charge on any atom is -0.0274 e. The van der Waals surface area contributed by atoms with Crippen molar-refractivity contribution in [1.29, 1.82) is 0 Å². The van der Waals surface area contributed by atoms with Crippen LogP contribution in [-0.2, 0) is 6.42 Å². The van der Waals surface area contributed by atoms with E-state index in [9.17, 15) is 0 Å². The van der Waals surface area contributed by atoms with E-state index in [4.69, 9.17) is 0 Å². The molecule has 0 fully saturated rings. The lowest BCUT2D eigenvalue weighted by Crippen LogP contribution is -2.17. The average Bonchev–Trinajstić information content (AvgIpc) is 2.29. The fraction of sp³-hybridized carbons (Fsp3) is 0.625. The summed E-state index contributed by atoms with van der Waals surface area (Å²) in [6, 6.07) is 10.9. The molecule has 0 unspecified atom stereocenters. The van der Waals surface area contributed by atoms with Crippen LogP contribution in [-0.4, -0.2) is 0 Å². The van der Waals surface area contributed by atoms with Crippen LogP contribution in [0.25, 0.3) is 0 Å². The summed E-state index contributed by atoms with van der Waals surface area (Å²) in [5.41, 5.74) is 2.04. The maximum absolute atomic E-state index is 2.46. The van der Waals surface area contributed by atoms with E-state index >= 15 is 0 Å². The number of hydrogen-bond donors (Lipinski definition) is 0. The van der Waals surface area contributed by atoms with Crippen molar-refractivity contribution in [2.24, 2.45) is 5.41 Å². The van der Waals surface area contributed by atoms with Gasteiger partial charge in [-0.25, -0.2) is 0 Å². The smallest absolute Gasteiger partial charge is 0.0274 e. The summed E-state index contributed by atoms with van der Waals surface area (Å²) in [4.78, 5) is 0. The number of aryl methyl sites for hydroxylation is 1. The molecule has 1 aromatic rings. The van der Waals surface area contributed by atoms with Crippen LogP contribution in [0.1, 0.15) is 58.4 Å². The molecule has 0 aromatic heterocycles. The van der Waals surface area contributed by atoms with Crippen LogP contribution in [0.2, 0.25) is 0 Å². The molecule has 0 aliphatic heterocycles. The zero-order chi connectivity index (χ0) is 11.9. The van der Waals surface area contributed by atoms with Crippen molar-refractivity contribution < 1.29 is 0 Å². The first-order valence-corrected chi connectivity index (χ1v) is 6.74. The Balaban J connectivity index is 2.49. The lowest BCUT2D eigenvalue weighted by atomic mass is 9.77. The second-order valence-electron chi connectivity index (χ2n) is 5.30. The van der Waals surface area contributed by atoms with E-state index in [1.165, 1.54) is 44.1 Å². The fourth-order valence-electron chi connectivity index (χ4n) is 2.67. The second kappa shape index (κ2) is 6.73. The van der Waals surface area contributed by atoms with Crippen LogP contribution < -0.4 is 0 Å². The van der Waals surface area contributed by atoms with Crippen LogP contribution in [0.3, 0.4) is 0 Å². The molecule has 0 amide bonds. The largest absolute Gasteiger partial charge is 0.0654 e. The van der Waals surface area contributed by atoms with Gasteiger partial charge in [0.1, 0.15) is 0 Å². The highest BCUT2D eigenvalue weighted by Crippen LogP contribution is 2.34. The summed E-state index contributed by atoms with van der Waals surface area (Å²) in [6.45, 7) is 7.07. The Bertz CT molecular complexity index is 267. The summed E-state index contributed by atoms with van der Waals surface area (Å²) < 4.78 is 0. The summed E-state index contributed by atoms with van der Waals surface area (Å²) in [5.74, 6) is 0. The zero-order valence-electron chi connectivity index (χ0n) is 11.1. The molecule has 0 N–H and O–H groups in total. The van der Waals surface area contributed by atoms with Crippen LogP contribution in [0.15, 0.2) is 30.3 Å². The predicted octanol–water partition coefficient (Wildman–Crippen LogP) is 5.23. The van der Waals surface area contributed by atoms with Gasteiger partial charge in [0.25, 0.3) is 0 Å². The molecule has 0 bridgehead atoms. The SMILES string of the molecule is CCCC(C)(CCC)CCc1ccccc1. The van der Waals surface area contributed by atoms with Crippen molar-refractivity contribution in [3.05, 3.63) is 35.9 Å². The monoisotopic (exact) mass is 218 g/mol. The molecule has 0 saturated heterocycles. The average molecular weight is 218 g/mol. The van der Waals surface area contributed by atoms with E-state index in [1.807, 2.05) is 0 Å². The third kappa shape index (κ3) is 4.38. The minimum absolute atomic E-state index is 0.555. The molecule has 0 aliphatic carbocycles. The van der Waals surface area contributed by atoms with Crippen molar-refractivity contribution >= 4 is 0 Å². The van der Waals surface area contributed by atoms with Crippen molar-refractivity contribution in [3.63, 3.8) is 0 Å². The molecule has 0 radical (unpaired) electrons. The van der Waals surface area contributed by atoms with E-state index in [-0.39, 0.29) is 0 Å². The Morgan fingerprint density at radius 1 is 0.875 bits per heavy atom. The lowest BCUT2D eigenvalue weighted by molar-refractivity contribution is 0.244. The Labute approximate surface area is 101 Å². The molecule has 0 aliphatic rings. The molecule has 1 rings (SSSR count). The Kier molecular flexibility index (Phi) is 5.59. The van der Waals surface area contributed by atoms with Gasteiger partial charge < -0.3 is 0 Å². The first-order chi connectivity index (χ1) is 7.70. The van der Waals surface area contributed by atoms with Gasteiger partial charge in [0.15, 0.2) is 0 Å². The Morgan fingerprint density at radius 2 is 1.44 bits per heavy atom. The summed E-state index contributed by atoms with van der Waals surface area (Å²) in [5, 5.41) is 0. The van der Waals surface area contributed by atoms with E-state index in [2.05, 4.69) is 51.1 Å². The Hall–Kier alpha value is -0.780. The quantitative estimate of drug-likeness (QED) is 0.588. The molecule has 0 heterocycles. The van der Waals surface area contributed by atoms with E-state index in [0.717, 1.165) is 0 Å². The maximum atomic E-state index is 2.46. The molecule has 16 heavy (non-hydrogen) atoms. The zero-order valence-corrected chi connectivity index (χ0v) is 11.1. The molecule has 0 nitrogen and oxygen atoms in total. The van der Waals surface area contributed by atoms with Gasteiger partial charge in [-0.05, 0) is 36.7 Å². The van der Waals surface area contributed by atoms with Crippen molar-refractivity contribution in [2.45, 2.75) is 59.3 Å². The van der Waals surface area contributed by atoms with Gasteiger partial charge in [0.2, 0.25) is 0 Å². The minimum Gasteiger partial charge on any atom is -0.0654 e. The summed E-state index contributed by atoms with van der Waals surface area (Å²) in [6.07, 6.45) is 7.92.